The lowest BCUT2D eigenvalue weighted by atomic mass is 9.87. The van der Waals surface area contributed by atoms with Crippen molar-refractivity contribution in [1.29, 1.82) is 0 Å². The fraction of sp³-hybridized carbons (Fsp3) is 0.350. The van der Waals surface area contributed by atoms with Crippen LogP contribution in [0.25, 0.3) is 0 Å². The quantitative estimate of drug-likeness (QED) is 0.341. The molecule has 0 aliphatic heterocycles. The Balaban J connectivity index is 1.95. The first-order chi connectivity index (χ1) is 12.2. The van der Waals surface area contributed by atoms with Crippen LogP contribution in [0.2, 0.25) is 0 Å². The van der Waals surface area contributed by atoms with E-state index in [0.29, 0.717) is 5.75 Å². The molecule has 0 aliphatic rings. The number of nitro benzene ring substituents is 1. The van der Waals surface area contributed by atoms with Gasteiger partial charge in [-0.3, -0.25) is 15.1 Å². The summed E-state index contributed by atoms with van der Waals surface area (Å²) in [5.41, 5.74) is 1.99. The van der Waals surface area contributed by atoms with Crippen LogP contribution in [0.5, 0.6) is 5.75 Å². The lowest BCUT2D eigenvalue weighted by molar-refractivity contribution is -0.384. The Morgan fingerprint density at radius 1 is 1.12 bits per heavy atom. The molecular formula is C20H23N2O4-. The first-order valence-corrected chi connectivity index (χ1v) is 8.38. The van der Waals surface area contributed by atoms with Crippen molar-refractivity contribution in [2.75, 3.05) is 6.61 Å². The molecule has 0 N–H and O–H groups in total. The van der Waals surface area contributed by atoms with E-state index in [1.54, 1.807) is 19.1 Å². The molecular weight excluding hydrogens is 332 g/mol. The summed E-state index contributed by atoms with van der Waals surface area (Å²) in [7, 11) is 0. The maximum absolute atomic E-state index is 12.0. The Bertz CT molecular complexity index is 775. The highest BCUT2D eigenvalue weighted by Crippen LogP contribution is 2.24. The Hall–Kier alpha value is -2.89. The number of hydrogen-bond donors (Lipinski definition) is 0. The summed E-state index contributed by atoms with van der Waals surface area (Å²) in [5, 5.41) is 22.7. The van der Waals surface area contributed by atoms with E-state index in [2.05, 4.69) is 25.8 Å². The molecule has 2 rings (SSSR count). The second-order valence-electron chi connectivity index (χ2n) is 7.11. The normalized spacial score (nSPS) is 13.3. The standard InChI is InChI=1S/C20H24N2O4/c1-14(15-5-9-17(10-6-15)22(24)25)21-19(23)13-26-18-11-7-16(8-12-18)20(2,3)4/h5-12,14H,13H2,1-4H3,(H,21,23)/p-1. The van der Waals surface area contributed by atoms with Gasteiger partial charge in [-0.05, 0) is 41.5 Å². The highest BCUT2D eigenvalue weighted by molar-refractivity contribution is 5.73. The molecule has 0 aliphatic carbocycles. The number of aliphatic imine (C=N–C) groups is 1. The Labute approximate surface area is 153 Å². The number of benzene rings is 2. The molecule has 0 heterocycles. The van der Waals surface area contributed by atoms with Crippen LogP contribution in [0.15, 0.2) is 53.5 Å². The van der Waals surface area contributed by atoms with Gasteiger partial charge in [0.05, 0.1) is 11.0 Å². The molecule has 0 fully saturated rings. The summed E-state index contributed by atoms with van der Waals surface area (Å²) < 4.78 is 5.49. The van der Waals surface area contributed by atoms with E-state index in [9.17, 15) is 15.2 Å². The van der Waals surface area contributed by atoms with Crippen LogP contribution in [0.3, 0.4) is 0 Å². The summed E-state index contributed by atoms with van der Waals surface area (Å²) in [5.74, 6) is 0.236. The van der Waals surface area contributed by atoms with Gasteiger partial charge in [-0.1, -0.05) is 45.0 Å². The molecule has 0 spiro atoms. The van der Waals surface area contributed by atoms with Crippen molar-refractivity contribution in [2.45, 2.75) is 39.2 Å². The predicted molar refractivity (Wildman–Crippen MR) is 99.6 cm³/mol. The van der Waals surface area contributed by atoms with Gasteiger partial charge in [-0.25, -0.2) is 0 Å². The molecule has 0 bridgehead atoms. The molecule has 6 nitrogen and oxygen atoms in total. The van der Waals surface area contributed by atoms with E-state index < -0.39 is 11.0 Å². The zero-order valence-electron chi connectivity index (χ0n) is 15.4. The molecule has 2 aromatic rings. The molecule has 0 aromatic heterocycles. The maximum Gasteiger partial charge on any atom is 0.269 e. The molecule has 2 aromatic carbocycles. The zero-order chi connectivity index (χ0) is 19.3. The third-order valence-electron chi connectivity index (χ3n) is 4.01. The van der Waals surface area contributed by atoms with Gasteiger partial charge >= 0.3 is 0 Å². The van der Waals surface area contributed by atoms with Gasteiger partial charge in [0.1, 0.15) is 12.4 Å². The van der Waals surface area contributed by atoms with Crippen molar-refractivity contribution >= 4 is 11.6 Å². The molecule has 26 heavy (non-hydrogen) atoms. The average Bonchev–Trinajstić information content (AvgIpc) is 2.59. The van der Waals surface area contributed by atoms with E-state index in [0.717, 1.165) is 5.56 Å². The van der Waals surface area contributed by atoms with Crippen molar-refractivity contribution in [3.05, 3.63) is 69.8 Å². The van der Waals surface area contributed by atoms with Crippen LogP contribution in [0.4, 0.5) is 5.69 Å². The van der Waals surface area contributed by atoms with E-state index >= 15 is 0 Å². The van der Waals surface area contributed by atoms with Crippen LogP contribution < -0.4 is 9.84 Å². The summed E-state index contributed by atoms with van der Waals surface area (Å²) in [4.78, 5) is 14.3. The smallest absolute Gasteiger partial charge is 0.269 e. The van der Waals surface area contributed by atoms with Gasteiger partial charge in [0.15, 0.2) is 0 Å². The minimum Gasteiger partial charge on any atom is -0.860 e. The van der Waals surface area contributed by atoms with Gasteiger partial charge in [0.2, 0.25) is 0 Å². The van der Waals surface area contributed by atoms with E-state index in [1.807, 2.05) is 24.3 Å². The van der Waals surface area contributed by atoms with Gasteiger partial charge < -0.3 is 9.84 Å². The van der Waals surface area contributed by atoms with Gasteiger partial charge in [-0.2, -0.15) is 0 Å². The van der Waals surface area contributed by atoms with Gasteiger partial charge in [0, 0.05) is 12.1 Å². The van der Waals surface area contributed by atoms with Crippen molar-refractivity contribution in [3.8, 4) is 5.75 Å². The lowest BCUT2D eigenvalue weighted by Gasteiger charge is -2.20. The molecule has 0 saturated carbocycles. The molecule has 138 valence electrons. The molecule has 0 radical (unpaired) electrons. The minimum absolute atomic E-state index is 0.00862. The number of nitro groups is 1. The van der Waals surface area contributed by atoms with Crippen LogP contribution in [0.1, 0.15) is 44.9 Å². The van der Waals surface area contributed by atoms with Gasteiger partial charge in [-0.15, -0.1) is 0 Å². The van der Waals surface area contributed by atoms with E-state index in [1.165, 1.54) is 17.7 Å². The predicted octanol–water partition coefficient (Wildman–Crippen LogP) is 3.79. The average molecular weight is 355 g/mol. The minimum atomic E-state index is -0.463. The van der Waals surface area contributed by atoms with E-state index in [4.69, 9.17) is 4.74 Å². The van der Waals surface area contributed by atoms with E-state index in [-0.39, 0.29) is 23.6 Å². The maximum atomic E-state index is 12.0. The summed E-state index contributed by atoms with van der Waals surface area (Å²) in [6, 6.07) is 13.3. The topological polar surface area (TPSA) is 87.8 Å². The fourth-order valence-corrected chi connectivity index (χ4v) is 2.40. The number of nitrogens with zero attached hydrogens (tertiary/aromatic N) is 2. The van der Waals surface area contributed by atoms with Crippen LogP contribution in [-0.2, 0) is 5.41 Å². The van der Waals surface area contributed by atoms with Crippen molar-refractivity contribution in [2.24, 2.45) is 4.99 Å². The number of ether oxygens (including phenoxy) is 1. The monoisotopic (exact) mass is 355 g/mol. The molecule has 0 amide bonds. The fourth-order valence-electron chi connectivity index (χ4n) is 2.40. The third kappa shape index (κ3) is 5.31. The van der Waals surface area contributed by atoms with Crippen LogP contribution >= 0.6 is 0 Å². The first-order valence-electron chi connectivity index (χ1n) is 8.38. The largest absolute Gasteiger partial charge is 0.860 e. The molecule has 1 unspecified atom stereocenters. The SMILES string of the molecule is CC(N=C([O-])COc1ccc(C(C)(C)C)cc1)c1ccc([N+](=O)[O-])cc1. The molecule has 1 atom stereocenters. The van der Waals surface area contributed by atoms with Crippen LogP contribution in [0, 0.1) is 10.1 Å². The number of non-ortho nitro benzene ring substituents is 1. The summed E-state index contributed by atoms with van der Waals surface area (Å²) in [6.45, 7) is 8.00. The third-order valence-corrected chi connectivity index (χ3v) is 4.01. The summed E-state index contributed by atoms with van der Waals surface area (Å²) >= 11 is 0. The highest BCUT2D eigenvalue weighted by atomic mass is 16.6. The zero-order valence-corrected chi connectivity index (χ0v) is 15.4. The second-order valence-corrected chi connectivity index (χ2v) is 7.11. The Morgan fingerprint density at radius 2 is 1.69 bits per heavy atom. The number of rotatable bonds is 6. The number of hydrogen-bond acceptors (Lipinski definition) is 5. The second kappa shape index (κ2) is 7.99. The van der Waals surface area contributed by atoms with Crippen LogP contribution in [-0.4, -0.2) is 17.4 Å². The highest BCUT2D eigenvalue weighted by Gasteiger charge is 2.13. The molecule has 0 saturated heterocycles. The molecule has 6 heteroatoms. The first kappa shape index (κ1) is 19.4. The van der Waals surface area contributed by atoms with Crippen molar-refractivity contribution in [1.82, 2.24) is 0 Å². The lowest BCUT2D eigenvalue weighted by Crippen LogP contribution is -2.26. The Morgan fingerprint density at radius 3 is 2.19 bits per heavy atom. The van der Waals surface area contributed by atoms with Gasteiger partial charge in [0.25, 0.3) is 5.69 Å². The summed E-state index contributed by atoms with van der Waals surface area (Å²) in [6.07, 6.45) is 0. The van der Waals surface area contributed by atoms with Crippen molar-refractivity contribution in [3.63, 3.8) is 0 Å². The Kier molecular flexibility index (Phi) is 5.97. The van der Waals surface area contributed by atoms with Crippen molar-refractivity contribution < 1.29 is 14.8 Å².